The normalized spacial score (nSPS) is 22.7. The molecule has 1 saturated carbocycles. The Morgan fingerprint density at radius 2 is 1.88 bits per heavy atom. The molecular formula is C23H28ClF2N5O3. The summed E-state index contributed by atoms with van der Waals surface area (Å²) in [6, 6.07) is 4.79. The van der Waals surface area contributed by atoms with E-state index in [2.05, 4.69) is 15.3 Å². The average Bonchev–Trinajstić information content (AvgIpc) is 2.82. The summed E-state index contributed by atoms with van der Waals surface area (Å²) in [4.78, 5) is 37.1. The second-order valence-electron chi connectivity index (χ2n) is 8.79. The van der Waals surface area contributed by atoms with Crippen LogP contribution in [0.1, 0.15) is 44.4 Å². The van der Waals surface area contributed by atoms with Gasteiger partial charge in [0, 0.05) is 55.5 Å². The maximum absolute atomic E-state index is 13.5. The van der Waals surface area contributed by atoms with Crippen LogP contribution in [-0.2, 0) is 9.59 Å². The van der Waals surface area contributed by atoms with E-state index in [9.17, 15) is 23.5 Å². The Labute approximate surface area is 201 Å². The fraction of sp³-hybridized carbons (Fsp3) is 0.565. The van der Waals surface area contributed by atoms with Crippen molar-refractivity contribution in [2.24, 2.45) is 5.92 Å². The highest BCUT2D eigenvalue weighted by atomic mass is 35.5. The van der Waals surface area contributed by atoms with Gasteiger partial charge in [-0.2, -0.15) is 0 Å². The zero-order valence-corrected chi connectivity index (χ0v) is 19.5. The first-order valence-electron chi connectivity index (χ1n) is 11.6. The van der Waals surface area contributed by atoms with Gasteiger partial charge in [0.1, 0.15) is 5.82 Å². The Morgan fingerprint density at radius 3 is 2.62 bits per heavy atom. The van der Waals surface area contributed by atoms with Crippen LogP contribution >= 0.6 is 11.6 Å². The van der Waals surface area contributed by atoms with E-state index >= 15 is 0 Å². The van der Waals surface area contributed by atoms with Gasteiger partial charge < -0.3 is 20.2 Å². The largest absolute Gasteiger partial charge is 0.393 e. The number of alkyl halides is 2. The zero-order chi connectivity index (χ0) is 24.2. The number of anilines is 1. The van der Waals surface area contributed by atoms with Gasteiger partial charge in [0.15, 0.2) is 5.82 Å². The predicted molar refractivity (Wildman–Crippen MR) is 124 cm³/mol. The first kappa shape index (κ1) is 24.5. The molecule has 184 valence electrons. The minimum absolute atomic E-state index is 0.0379. The van der Waals surface area contributed by atoms with E-state index in [1.807, 2.05) is 0 Å². The Balaban J connectivity index is 1.63. The lowest BCUT2D eigenvalue weighted by molar-refractivity contribution is -0.137. The third-order valence-corrected chi connectivity index (χ3v) is 6.69. The Kier molecular flexibility index (Phi) is 7.77. The number of rotatable bonds is 3. The first-order valence-corrected chi connectivity index (χ1v) is 11.9. The van der Waals surface area contributed by atoms with E-state index in [4.69, 9.17) is 11.6 Å². The number of nitrogens with zero attached hydrogens (tertiary/aromatic N) is 4. The molecular weight excluding hydrogens is 468 g/mol. The molecule has 11 heteroatoms. The molecule has 1 aliphatic heterocycles. The Morgan fingerprint density at radius 1 is 1.12 bits per heavy atom. The molecule has 0 unspecified atom stereocenters. The minimum Gasteiger partial charge on any atom is -0.393 e. The maximum atomic E-state index is 13.5. The molecule has 2 aromatic rings. The van der Waals surface area contributed by atoms with E-state index < -0.39 is 12.2 Å². The summed E-state index contributed by atoms with van der Waals surface area (Å²) in [6.07, 6.45) is -0.631. The number of aliphatic hydroxyl groups excluding tert-OH is 1. The second-order valence-corrected chi connectivity index (χ2v) is 9.22. The third kappa shape index (κ3) is 5.72. The number of hydrogen-bond donors (Lipinski definition) is 2. The van der Waals surface area contributed by atoms with Crippen LogP contribution in [0.5, 0.6) is 0 Å². The van der Waals surface area contributed by atoms with Gasteiger partial charge >= 0.3 is 0 Å². The monoisotopic (exact) mass is 495 g/mol. The zero-order valence-electron chi connectivity index (χ0n) is 18.7. The number of aromatic nitrogens is 2. The highest BCUT2D eigenvalue weighted by molar-refractivity contribution is 6.31. The van der Waals surface area contributed by atoms with Gasteiger partial charge in [0.2, 0.25) is 11.8 Å². The van der Waals surface area contributed by atoms with Gasteiger partial charge in [-0.3, -0.25) is 9.59 Å². The molecule has 0 bridgehead atoms. The summed E-state index contributed by atoms with van der Waals surface area (Å²) < 4.78 is 27.1. The summed E-state index contributed by atoms with van der Waals surface area (Å²) in [7, 11) is 0. The fourth-order valence-corrected chi connectivity index (χ4v) is 4.75. The predicted octanol–water partition coefficient (Wildman–Crippen LogP) is 2.93. The summed E-state index contributed by atoms with van der Waals surface area (Å²) in [6.45, 7) is 1.57. The van der Waals surface area contributed by atoms with Crippen molar-refractivity contribution in [2.75, 3.05) is 37.6 Å². The van der Waals surface area contributed by atoms with Crippen molar-refractivity contribution in [3.8, 4) is 0 Å². The molecule has 2 heterocycles. The number of amides is 2. The van der Waals surface area contributed by atoms with Crippen molar-refractivity contribution in [3.05, 3.63) is 29.0 Å². The SMILES string of the molecule is O=C1CCN(C(=O)C2CCC(O)CC2)CCN(c2nc(C(F)F)nc3ccc(Cl)cc23)CCN1. The van der Waals surface area contributed by atoms with Crippen LogP contribution in [-0.4, -0.2) is 70.6 Å². The number of nitrogens with one attached hydrogen (secondary N) is 1. The van der Waals surface area contributed by atoms with Crippen LogP contribution in [0, 0.1) is 5.92 Å². The molecule has 2 fully saturated rings. The lowest BCUT2D eigenvalue weighted by Crippen LogP contribution is -2.47. The highest BCUT2D eigenvalue weighted by Gasteiger charge is 2.30. The van der Waals surface area contributed by atoms with Crippen LogP contribution in [0.25, 0.3) is 10.9 Å². The number of fused-ring (bicyclic) bond motifs is 1. The summed E-state index contributed by atoms with van der Waals surface area (Å²) in [5, 5.41) is 13.5. The van der Waals surface area contributed by atoms with E-state index in [0.29, 0.717) is 73.6 Å². The fourth-order valence-electron chi connectivity index (χ4n) is 4.57. The maximum Gasteiger partial charge on any atom is 0.297 e. The van der Waals surface area contributed by atoms with Crippen molar-refractivity contribution in [1.82, 2.24) is 20.2 Å². The van der Waals surface area contributed by atoms with Crippen molar-refractivity contribution >= 4 is 40.1 Å². The molecule has 34 heavy (non-hydrogen) atoms. The quantitative estimate of drug-likeness (QED) is 0.679. The van der Waals surface area contributed by atoms with Crippen molar-refractivity contribution in [1.29, 1.82) is 0 Å². The van der Waals surface area contributed by atoms with Crippen LogP contribution in [0.3, 0.4) is 0 Å². The minimum atomic E-state index is -2.85. The van der Waals surface area contributed by atoms with Crippen molar-refractivity contribution < 1.29 is 23.5 Å². The summed E-state index contributed by atoms with van der Waals surface area (Å²) in [5.74, 6) is -0.691. The molecule has 2 aliphatic rings. The van der Waals surface area contributed by atoms with Crippen LogP contribution in [0.4, 0.5) is 14.6 Å². The molecule has 1 aliphatic carbocycles. The molecule has 1 aromatic carbocycles. The molecule has 8 nitrogen and oxygen atoms in total. The molecule has 4 rings (SSSR count). The van der Waals surface area contributed by atoms with Gasteiger partial charge in [0.05, 0.1) is 11.6 Å². The van der Waals surface area contributed by atoms with Crippen molar-refractivity contribution in [3.63, 3.8) is 0 Å². The number of halogens is 3. The van der Waals surface area contributed by atoms with Crippen LogP contribution in [0.15, 0.2) is 18.2 Å². The topological polar surface area (TPSA) is 98.7 Å². The number of carbonyl (C=O) groups is 2. The lowest BCUT2D eigenvalue weighted by atomic mass is 9.86. The van der Waals surface area contributed by atoms with Gasteiger partial charge in [-0.05, 0) is 43.9 Å². The Hall–Kier alpha value is -2.59. The van der Waals surface area contributed by atoms with Gasteiger partial charge in [-0.1, -0.05) is 11.6 Å². The highest BCUT2D eigenvalue weighted by Crippen LogP contribution is 2.30. The molecule has 2 N–H and O–H groups in total. The standard InChI is InChI=1S/C23H28ClF2N5O3/c24-15-3-6-18-17(13-15)22(29-21(28-18)20(25)26)30-10-8-27-19(33)7-9-31(12-11-30)23(34)14-1-4-16(32)5-2-14/h3,6,13-14,16,20,32H,1-2,4-5,7-12H2,(H,27,33). The second kappa shape index (κ2) is 10.8. The lowest BCUT2D eigenvalue weighted by Gasteiger charge is -2.34. The third-order valence-electron chi connectivity index (χ3n) is 6.46. The average molecular weight is 496 g/mol. The van der Waals surface area contributed by atoms with Gasteiger partial charge in [-0.25, -0.2) is 18.7 Å². The molecule has 0 radical (unpaired) electrons. The number of aliphatic hydroxyl groups is 1. The van der Waals surface area contributed by atoms with Gasteiger partial charge in [0.25, 0.3) is 6.43 Å². The molecule has 0 atom stereocenters. The van der Waals surface area contributed by atoms with E-state index in [1.165, 1.54) is 0 Å². The van der Waals surface area contributed by atoms with E-state index in [-0.39, 0.29) is 36.8 Å². The number of hydrogen-bond acceptors (Lipinski definition) is 6. The summed E-state index contributed by atoms with van der Waals surface area (Å²) in [5.41, 5.74) is 0.347. The van der Waals surface area contributed by atoms with Crippen LogP contribution in [0.2, 0.25) is 5.02 Å². The van der Waals surface area contributed by atoms with Crippen LogP contribution < -0.4 is 10.2 Å². The van der Waals surface area contributed by atoms with E-state index in [0.717, 1.165) is 0 Å². The molecule has 1 saturated heterocycles. The summed E-state index contributed by atoms with van der Waals surface area (Å²) >= 11 is 6.17. The molecule has 0 spiro atoms. The van der Waals surface area contributed by atoms with Gasteiger partial charge in [-0.15, -0.1) is 0 Å². The Bertz CT molecular complexity index is 1050. The number of carbonyl (C=O) groups excluding carboxylic acids is 2. The molecule has 2 amide bonds. The first-order chi connectivity index (χ1) is 16.3. The number of benzene rings is 1. The van der Waals surface area contributed by atoms with Crippen molar-refractivity contribution in [2.45, 2.75) is 44.6 Å². The molecule has 1 aromatic heterocycles. The smallest absolute Gasteiger partial charge is 0.297 e. The van der Waals surface area contributed by atoms with E-state index in [1.54, 1.807) is 28.0 Å².